The second kappa shape index (κ2) is 12.2. The highest BCUT2D eigenvalue weighted by molar-refractivity contribution is 7.09. The van der Waals surface area contributed by atoms with Gasteiger partial charge in [-0.15, -0.1) is 11.3 Å². The molecule has 0 bridgehead atoms. The Morgan fingerprint density at radius 3 is 2.56 bits per heavy atom. The predicted molar refractivity (Wildman–Crippen MR) is 138 cm³/mol. The smallest absolute Gasteiger partial charge is 0.223 e. The molecule has 0 aliphatic carbocycles. The molecular formula is C27H42N2O4S. The van der Waals surface area contributed by atoms with Crippen molar-refractivity contribution >= 4 is 29.1 Å². The number of ketones is 1. The first-order chi connectivity index (χ1) is 15.8. The SMILES string of the molecule is CC1=CC(CC(C)=Cc2csc(C)n2)NC(=O)CC(O)C(C)(C)C(=O)C(C)C(O)C(C)CCC1. The Hall–Kier alpha value is -1.83. The van der Waals surface area contributed by atoms with Crippen molar-refractivity contribution in [1.82, 2.24) is 10.3 Å². The monoisotopic (exact) mass is 490 g/mol. The minimum Gasteiger partial charge on any atom is -0.392 e. The number of hydrogen-bond acceptors (Lipinski definition) is 6. The summed E-state index contributed by atoms with van der Waals surface area (Å²) in [6.45, 7) is 13.1. The second-order valence-electron chi connectivity index (χ2n) is 10.6. The predicted octanol–water partition coefficient (Wildman–Crippen LogP) is 4.84. The maximum absolute atomic E-state index is 13.1. The molecule has 34 heavy (non-hydrogen) atoms. The molecule has 5 unspecified atom stereocenters. The van der Waals surface area contributed by atoms with E-state index in [9.17, 15) is 19.8 Å². The van der Waals surface area contributed by atoms with Crippen molar-refractivity contribution in [2.24, 2.45) is 17.3 Å². The lowest BCUT2D eigenvalue weighted by molar-refractivity contribution is -0.143. The molecule has 2 rings (SSSR count). The largest absolute Gasteiger partial charge is 0.392 e. The number of nitrogens with one attached hydrogen (secondary N) is 1. The molecule has 1 aromatic heterocycles. The van der Waals surface area contributed by atoms with E-state index in [1.165, 1.54) is 5.57 Å². The number of hydrogen-bond donors (Lipinski definition) is 3. The number of nitrogens with zero attached hydrogens (tertiary/aromatic N) is 1. The standard InChI is InChI=1S/C27H42N2O4S/c1-16-9-8-10-18(3)25(32)19(4)26(33)27(6,7)23(30)14-24(31)29-21(11-16)12-17(2)13-22-15-34-20(5)28-22/h11,13,15,18-19,21,23,25,30,32H,8-10,12,14H2,1-7H3,(H,29,31). The Bertz CT molecular complexity index is 917. The molecule has 1 aromatic rings. The van der Waals surface area contributed by atoms with Crippen molar-refractivity contribution < 1.29 is 19.8 Å². The van der Waals surface area contributed by atoms with E-state index < -0.39 is 23.5 Å². The number of aryl methyl sites for hydroxylation is 1. The van der Waals surface area contributed by atoms with Crippen LogP contribution in [0.5, 0.6) is 0 Å². The number of aliphatic hydroxyl groups is 2. The number of rotatable bonds is 3. The Kier molecular flexibility index (Phi) is 10.2. The first-order valence-corrected chi connectivity index (χ1v) is 13.2. The van der Waals surface area contributed by atoms with Crippen molar-refractivity contribution in [3.05, 3.63) is 33.3 Å². The molecule has 0 saturated carbocycles. The number of amides is 1. The Morgan fingerprint density at radius 1 is 1.26 bits per heavy atom. The van der Waals surface area contributed by atoms with Gasteiger partial charge in [0.05, 0.1) is 40.8 Å². The number of aromatic nitrogens is 1. The number of thiazole rings is 1. The number of Topliss-reactive ketones (excluding diaryl/α,β-unsaturated/α-hetero) is 1. The number of allylic oxidation sites excluding steroid dienone is 1. The van der Waals surface area contributed by atoms with Gasteiger partial charge in [-0.1, -0.05) is 44.9 Å². The van der Waals surface area contributed by atoms with Crippen LogP contribution in [0.15, 0.2) is 22.6 Å². The maximum Gasteiger partial charge on any atom is 0.223 e. The first kappa shape index (κ1) is 28.4. The van der Waals surface area contributed by atoms with Gasteiger partial charge in [-0.05, 0) is 58.4 Å². The molecule has 0 saturated heterocycles. The molecule has 6 nitrogen and oxygen atoms in total. The Labute approximate surface area is 208 Å². The van der Waals surface area contributed by atoms with Gasteiger partial charge in [-0.25, -0.2) is 4.98 Å². The summed E-state index contributed by atoms with van der Waals surface area (Å²) >= 11 is 1.60. The van der Waals surface area contributed by atoms with Gasteiger partial charge in [-0.2, -0.15) is 0 Å². The zero-order valence-electron chi connectivity index (χ0n) is 21.7. The highest BCUT2D eigenvalue weighted by Crippen LogP contribution is 2.32. The molecular weight excluding hydrogens is 448 g/mol. The lowest BCUT2D eigenvalue weighted by Crippen LogP contribution is -2.47. The molecule has 0 aromatic carbocycles. The fraction of sp³-hybridized carbons (Fsp3) is 0.667. The van der Waals surface area contributed by atoms with Crippen LogP contribution in [0.2, 0.25) is 0 Å². The van der Waals surface area contributed by atoms with Crippen LogP contribution in [0.25, 0.3) is 6.08 Å². The molecule has 0 fully saturated rings. The minimum absolute atomic E-state index is 0.0351. The summed E-state index contributed by atoms with van der Waals surface area (Å²) < 4.78 is 0. The van der Waals surface area contributed by atoms with Crippen molar-refractivity contribution in [3.63, 3.8) is 0 Å². The summed E-state index contributed by atoms with van der Waals surface area (Å²) in [6.07, 6.45) is 5.20. The van der Waals surface area contributed by atoms with Crippen molar-refractivity contribution in [1.29, 1.82) is 0 Å². The van der Waals surface area contributed by atoms with Gasteiger partial charge in [0.2, 0.25) is 5.91 Å². The number of aliphatic hydroxyl groups excluding tert-OH is 2. The normalized spacial score (nSPS) is 30.2. The lowest BCUT2D eigenvalue weighted by Gasteiger charge is -2.34. The zero-order chi connectivity index (χ0) is 25.6. The summed E-state index contributed by atoms with van der Waals surface area (Å²) in [7, 11) is 0. The third-order valence-corrected chi connectivity index (χ3v) is 7.78. The molecule has 1 aliphatic rings. The maximum atomic E-state index is 13.1. The van der Waals surface area contributed by atoms with E-state index >= 15 is 0 Å². The van der Waals surface area contributed by atoms with Gasteiger partial charge in [0, 0.05) is 11.3 Å². The van der Waals surface area contributed by atoms with Gasteiger partial charge >= 0.3 is 0 Å². The van der Waals surface area contributed by atoms with Crippen LogP contribution in [-0.4, -0.2) is 45.1 Å². The average molecular weight is 491 g/mol. The van der Waals surface area contributed by atoms with E-state index in [-0.39, 0.29) is 30.1 Å². The van der Waals surface area contributed by atoms with E-state index in [0.717, 1.165) is 35.5 Å². The van der Waals surface area contributed by atoms with Crippen LogP contribution in [-0.2, 0) is 9.59 Å². The van der Waals surface area contributed by atoms with Crippen LogP contribution in [0.1, 0.15) is 84.3 Å². The van der Waals surface area contributed by atoms with Crippen LogP contribution in [0.3, 0.4) is 0 Å². The molecule has 1 amide bonds. The zero-order valence-corrected chi connectivity index (χ0v) is 22.5. The molecule has 0 spiro atoms. The highest BCUT2D eigenvalue weighted by atomic mass is 32.1. The van der Waals surface area contributed by atoms with E-state index in [1.54, 1.807) is 32.1 Å². The fourth-order valence-electron chi connectivity index (χ4n) is 4.65. The van der Waals surface area contributed by atoms with Crippen LogP contribution >= 0.6 is 11.3 Å². The summed E-state index contributed by atoms with van der Waals surface area (Å²) in [6, 6.07) is -0.221. The molecule has 190 valence electrons. The molecule has 2 heterocycles. The van der Waals surface area contributed by atoms with Gasteiger partial charge in [-0.3, -0.25) is 9.59 Å². The summed E-state index contributed by atoms with van der Waals surface area (Å²) in [5.41, 5.74) is 2.04. The minimum atomic E-state index is -1.14. The van der Waals surface area contributed by atoms with Crippen molar-refractivity contribution in [3.8, 4) is 0 Å². The van der Waals surface area contributed by atoms with E-state index in [2.05, 4.69) is 23.3 Å². The Morgan fingerprint density at radius 2 is 1.94 bits per heavy atom. The van der Waals surface area contributed by atoms with Crippen molar-refractivity contribution in [2.45, 2.75) is 98.8 Å². The average Bonchev–Trinajstić information content (AvgIpc) is 3.15. The van der Waals surface area contributed by atoms with Crippen LogP contribution in [0.4, 0.5) is 0 Å². The second-order valence-corrected chi connectivity index (χ2v) is 11.7. The van der Waals surface area contributed by atoms with Crippen LogP contribution < -0.4 is 5.32 Å². The van der Waals surface area contributed by atoms with Crippen molar-refractivity contribution in [2.75, 3.05) is 0 Å². The van der Waals surface area contributed by atoms with Gasteiger partial charge in [0.25, 0.3) is 0 Å². The summed E-state index contributed by atoms with van der Waals surface area (Å²) in [5.74, 6) is -1.16. The first-order valence-electron chi connectivity index (χ1n) is 12.3. The quantitative estimate of drug-likeness (QED) is 0.527. The Balaban J connectivity index is 2.28. The van der Waals surface area contributed by atoms with E-state index in [0.29, 0.717) is 6.42 Å². The van der Waals surface area contributed by atoms with Gasteiger partial charge in [0.15, 0.2) is 0 Å². The molecule has 7 heteroatoms. The molecule has 1 aliphatic heterocycles. The van der Waals surface area contributed by atoms with E-state index in [4.69, 9.17) is 0 Å². The molecule has 3 N–H and O–H groups in total. The number of carbonyl (C=O) groups is 2. The third kappa shape index (κ3) is 7.85. The van der Waals surface area contributed by atoms with Gasteiger partial charge < -0.3 is 15.5 Å². The topological polar surface area (TPSA) is 99.5 Å². The molecule has 5 atom stereocenters. The lowest BCUT2D eigenvalue weighted by atomic mass is 9.73. The fourth-order valence-corrected chi connectivity index (χ4v) is 5.22. The van der Waals surface area contributed by atoms with E-state index in [1.807, 2.05) is 32.2 Å². The highest BCUT2D eigenvalue weighted by Gasteiger charge is 2.42. The molecule has 0 radical (unpaired) electrons. The number of carbonyl (C=O) groups excluding carboxylic acids is 2. The third-order valence-electron chi connectivity index (χ3n) is 6.99. The summed E-state index contributed by atoms with van der Waals surface area (Å²) in [5, 5.41) is 27.7. The van der Waals surface area contributed by atoms with Gasteiger partial charge in [0.1, 0.15) is 5.78 Å². The summed E-state index contributed by atoms with van der Waals surface area (Å²) in [4.78, 5) is 30.5. The van der Waals surface area contributed by atoms with Crippen LogP contribution in [0, 0.1) is 24.2 Å².